The molecule has 0 saturated heterocycles. The second kappa shape index (κ2) is 6.32. The number of rotatable bonds is 5. The van der Waals surface area contributed by atoms with Crippen LogP contribution in [-0.4, -0.2) is 4.92 Å². The van der Waals surface area contributed by atoms with Gasteiger partial charge in [-0.15, -0.1) is 0 Å². The van der Waals surface area contributed by atoms with Gasteiger partial charge in [0, 0.05) is 12.1 Å². The van der Waals surface area contributed by atoms with E-state index >= 15 is 0 Å². The first-order valence-electron chi connectivity index (χ1n) is 6.38. The van der Waals surface area contributed by atoms with Crippen LogP contribution < -0.4 is 10.5 Å². The Hall–Kier alpha value is -2.47. The molecule has 0 amide bonds. The lowest BCUT2D eigenvalue weighted by atomic mass is 10.1. The second-order valence-electron chi connectivity index (χ2n) is 4.72. The molecule has 21 heavy (non-hydrogen) atoms. The smallest absolute Gasteiger partial charge is 0.272 e. The summed E-state index contributed by atoms with van der Waals surface area (Å²) in [5.74, 6) is -0.0681. The van der Waals surface area contributed by atoms with E-state index in [0.29, 0.717) is 11.3 Å². The minimum absolute atomic E-state index is 0.0517. The predicted octanol–water partition coefficient (Wildman–Crippen LogP) is 3.33. The van der Waals surface area contributed by atoms with E-state index in [0.717, 1.165) is 11.6 Å². The summed E-state index contributed by atoms with van der Waals surface area (Å²) in [5, 5.41) is 10.7. The standard InChI is InChI=1S/C15H15FN2O3/c1-10(17)12-2-4-15(5-3-12)21-9-11-6-13(16)8-14(7-11)18(19)20/h2-8,10H,9,17H2,1H3/t10-/m1/s1. The molecule has 2 aromatic carbocycles. The molecule has 0 aliphatic rings. The highest BCUT2D eigenvalue weighted by Crippen LogP contribution is 2.20. The summed E-state index contributed by atoms with van der Waals surface area (Å²) in [5.41, 5.74) is 6.83. The van der Waals surface area contributed by atoms with Crippen molar-refractivity contribution in [2.45, 2.75) is 19.6 Å². The maximum atomic E-state index is 13.3. The largest absolute Gasteiger partial charge is 0.489 e. The Morgan fingerprint density at radius 3 is 2.52 bits per heavy atom. The molecule has 0 bridgehead atoms. The van der Waals surface area contributed by atoms with Gasteiger partial charge in [0.25, 0.3) is 5.69 Å². The minimum atomic E-state index is -0.657. The van der Waals surface area contributed by atoms with E-state index in [2.05, 4.69) is 0 Å². The SMILES string of the molecule is C[C@@H](N)c1ccc(OCc2cc(F)cc([N+](=O)[O-])c2)cc1. The Morgan fingerprint density at radius 1 is 1.29 bits per heavy atom. The molecule has 1 atom stereocenters. The summed E-state index contributed by atoms with van der Waals surface area (Å²) in [6.45, 7) is 1.93. The zero-order chi connectivity index (χ0) is 15.4. The first-order chi connectivity index (χ1) is 9.95. The van der Waals surface area contributed by atoms with Crippen molar-refractivity contribution in [3.05, 3.63) is 69.5 Å². The summed E-state index contributed by atoms with van der Waals surface area (Å²) in [6.07, 6.45) is 0. The molecule has 0 heterocycles. The molecule has 0 spiro atoms. The number of nitro groups is 1. The molecule has 0 radical (unpaired) electrons. The molecular formula is C15H15FN2O3. The van der Waals surface area contributed by atoms with Gasteiger partial charge in [-0.25, -0.2) is 4.39 Å². The summed E-state index contributed by atoms with van der Waals surface area (Å²) in [7, 11) is 0. The monoisotopic (exact) mass is 290 g/mol. The van der Waals surface area contributed by atoms with E-state index in [1.165, 1.54) is 12.1 Å². The molecular weight excluding hydrogens is 275 g/mol. The highest BCUT2D eigenvalue weighted by atomic mass is 19.1. The third kappa shape index (κ3) is 4.00. The van der Waals surface area contributed by atoms with E-state index in [1.807, 2.05) is 19.1 Å². The molecule has 0 fully saturated rings. The second-order valence-corrected chi connectivity index (χ2v) is 4.72. The fourth-order valence-corrected chi connectivity index (χ4v) is 1.86. The topological polar surface area (TPSA) is 78.4 Å². The maximum absolute atomic E-state index is 13.3. The minimum Gasteiger partial charge on any atom is -0.489 e. The third-order valence-corrected chi connectivity index (χ3v) is 2.96. The summed E-state index contributed by atoms with van der Waals surface area (Å²) in [4.78, 5) is 10.0. The fourth-order valence-electron chi connectivity index (χ4n) is 1.86. The number of halogens is 1. The van der Waals surface area contributed by atoms with Crippen LogP contribution >= 0.6 is 0 Å². The van der Waals surface area contributed by atoms with E-state index < -0.39 is 10.7 Å². The first kappa shape index (κ1) is 14.9. The van der Waals surface area contributed by atoms with Crippen LogP contribution in [0.3, 0.4) is 0 Å². The molecule has 5 nitrogen and oxygen atoms in total. The van der Waals surface area contributed by atoms with Crippen LogP contribution in [0.15, 0.2) is 42.5 Å². The van der Waals surface area contributed by atoms with Gasteiger partial charge in [-0.1, -0.05) is 12.1 Å². The molecule has 0 aliphatic heterocycles. The van der Waals surface area contributed by atoms with Gasteiger partial charge < -0.3 is 10.5 Å². The molecule has 0 unspecified atom stereocenters. The number of nitrogens with two attached hydrogens (primary N) is 1. The lowest BCUT2D eigenvalue weighted by molar-refractivity contribution is -0.385. The number of non-ortho nitro benzene ring substituents is 1. The van der Waals surface area contributed by atoms with Crippen LogP contribution in [0.25, 0.3) is 0 Å². The Labute approximate surface area is 121 Å². The Kier molecular flexibility index (Phi) is 4.49. The number of hydrogen-bond donors (Lipinski definition) is 1. The summed E-state index contributed by atoms with van der Waals surface area (Å²) < 4.78 is 18.8. The van der Waals surface area contributed by atoms with E-state index in [9.17, 15) is 14.5 Å². The normalized spacial score (nSPS) is 12.0. The number of nitro benzene ring substituents is 1. The van der Waals surface area contributed by atoms with Gasteiger partial charge in [-0.3, -0.25) is 10.1 Å². The lowest BCUT2D eigenvalue weighted by Crippen LogP contribution is -2.04. The van der Waals surface area contributed by atoms with Crippen molar-refractivity contribution in [1.82, 2.24) is 0 Å². The van der Waals surface area contributed by atoms with Crippen LogP contribution in [0.5, 0.6) is 5.75 Å². The first-order valence-corrected chi connectivity index (χ1v) is 6.38. The highest BCUT2D eigenvalue weighted by Gasteiger charge is 2.10. The molecule has 2 rings (SSSR count). The Bertz CT molecular complexity index is 642. The number of benzene rings is 2. The molecule has 0 saturated carbocycles. The Balaban J connectivity index is 2.07. The Morgan fingerprint density at radius 2 is 1.95 bits per heavy atom. The van der Waals surface area contributed by atoms with Crippen LogP contribution in [0.4, 0.5) is 10.1 Å². The maximum Gasteiger partial charge on any atom is 0.272 e. The van der Waals surface area contributed by atoms with Crippen molar-refractivity contribution in [3.8, 4) is 5.75 Å². The quantitative estimate of drug-likeness (QED) is 0.676. The third-order valence-electron chi connectivity index (χ3n) is 2.96. The van der Waals surface area contributed by atoms with Crippen molar-refractivity contribution in [1.29, 1.82) is 0 Å². The van der Waals surface area contributed by atoms with Gasteiger partial charge in [-0.05, 0) is 36.2 Å². The van der Waals surface area contributed by atoms with E-state index in [4.69, 9.17) is 10.5 Å². The predicted molar refractivity (Wildman–Crippen MR) is 76.4 cm³/mol. The van der Waals surface area contributed by atoms with Crippen molar-refractivity contribution in [2.75, 3.05) is 0 Å². The van der Waals surface area contributed by atoms with Gasteiger partial charge in [0.1, 0.15) is 18.2 Å². The molecule has 2 aromatic rings. The average molecular weight is 290 g/mol. The molecule has 110 valence electrons. The summed E-state index contributed by atoms with van der Waals surface area (Å²) in [6, 6.07) is 10.5. The van der Waals surface area contributed by atoms with Crippen LogP contribution in [0.1, 0.15) is 24.1 Å². The van der Waals surface area contributed by atoms with Gasteiger partial charge >= 0.3 is 0 Å². The fraction of sp³-hybridized carbons (Fsp3) is 0.200. The van der Waals surface area contributed by atoms with Crippen LogP contribution in [-0.2, 0) is 6.61 Å². The average Bonchev–Trinajstić information content (AvgIpc) is 2.45. The van der Waals surface area contributed by atoms with Crippen LogP contribution in [0, 0.1) is 15.9 Å². The number of ether oxygens (including phenoxy) is 1. The van der Waals surface area contributed by atoms with Crippen molar-refractivity contribution in [3.63, 3.8) is 0 Å². The zero-order valence-electron chi connectivity index (χ0n) is 11.5. The highest BCUT2D eigenvalue weighted by molar-refractivity contribution is 5.35. The molecule has 2 N–H and O–H groups in total. The van der Waals surface area contributed by atoms with E-state index in [-0.39, 0.29) is 18.3 Å². The zero-order valence-corrected chi connectivity index (χ0v) is 11.5. The molecule has 0 aromatic heterocycles. The van der Waals surface area contributed by atoms with Gasteiger partial charge in [0.05, 0.1) is 11.0 Å². The molecule has 6 heteroatoms. The van der Waals surface area contributed by atoms with Crippen LogP contribution in [0.2, 0.25) is 0 Å². The van der Waals surface area contributed by atoms with Crippen molar-refractivity contribution in [2.24, 2.45) is 5.73 Å². The van der Waals surface area contributed by atoms with Crippen molar-refractivity contribution >= 4 is 5.69 Å². The van der Waals surface area contributed by atoms with Gasteiger partial charge in [0.2, 0.25) is 0 Å². The number of nitrogens with zero attached hydrogens (tertiary/aromatic N) is 1. The summed E-state index contributed by atoms with van der Waals surface area (Å²) >= 11 is 0. The lowest BCUT2D eigenvalue weighted by Gasteiger charge is -2.09. The molecule has 0 aliphatic carbocycles. The van der Waals surface area contributed by atoms with Gasteiger partial charge in [-0.2, -0.15) is 0 Å². The van der Waals surface area contributed by atoms with E-state index in [1.54, 1.807) is 12.1 Å². The number of hydrogen-bond acceptors (Lipinski definition) is 4. The van der Waals surface area contributed by atoms with Crippen molar-refractivity contribution < 1.29 is 14.1 Å². The van der Waals surface area contributed by atoms with Gasteiger partial charge in [0.15, 0.2) is 0 Å².